The number of benzene rings is 1. The normalized spacial score (nSPS) is 29.0. The molecule has 0 unspecified atom stereocenters. The molecule has 1 aliphatic carbocycles. The summed E-state index contributed by atoms with van der Waals surface area (Å²) in [6.07, 6.45) is 1.14. The second kappa shape index (κ2) is 6.72. The average molecular weight is 357 g/mol. The van der Waals surface area contributed by atoms with E-state index in [9.17, 15) is 14.4 Å². The number of hydrogen-bond acceptors (Lipinski definition) is 4. The van der Waals surface area contributed by atoms with Gasteiger partial charge in [-0.15, -0.1) is 0 Å². The first-order chi connectivity index (χ1) is 12.5. The van der Waals surface area contributed by atoms with E-state index in [0.717, 1.165) is 17.5 Å². The Morgan fingerprint density at radius 1 is 1.23 bits per heavy atom. The van der Waals surface area contributed by atoms with Crippen LogP contribution in [0.25, 0.3) is 0 Å². The third kappa shape index (κ3) is 2.96. The lowest BCUT2D eigenvalue weighted by Gasteiger charge is -2.47. The summed E-state index contributed by atoms with van der Waals surface area (Å²) >= 11 is 0. The van der Waals surface area contributed by atoms with Gasteiger partial charge < -0.3 is 20.3 Å². The molecular formula is C19H23N3O4. The smallest absolute Gasteiger partial charge is 0.254 e. The standard InChI is InChI=1S/C19H23N3O4/c1-11(23)20-17-16(14-7-9-26-18(14)17)21-15(24)6-8-22-10-12-4-2-3-5-13(12)19(22)25/h2-5,14,16-18H,6-10H2,1H3,(H,20,23)(H,21,24)/t14-,16+,17-,18-/m1/s1. The van der Waals surface area contributed by atoms with E-state index < -0.39 is 0 Å². The van der Waals surface area contributed by atoms with Crippen LogP contribution in [-0.2, 0) is 20.9 Å². The van der Waals surface area contributed by atoms with E-state index in [1.54, 1.807) is 4.90 Å². The molecule has 26 heavy (non-hydrogen) atoms. The molecule has 4 atom stereocenters. The zero-order chi connectivity index (χ0) is 18.3. The fourth-order valence-corrected chi connectivity index (χ4v) is 4.30. The second-order valence-corrected chi connectivity index (χ2v) is 7.24. The molecule has 1 aromatic carbocycles. The summed E-state index contributed by atoms with van der Waals surface area (Å²) in [7, 11) is 0. The van der Waals surface area contributed by atoms with Crippen LogP contribution in [0, 0.1) is 5.92 Å². The van der Waals surface area contributed by atoms with E-state index in [1.807, 2.05) is 24.3 Å². The van der Waals surface area contributed by atoms with Crippen molar-refractivity contribution in [3.05, 3.63) is 35.4 Å². The molecule has 2 fully saturated rings. The summed E-state index contributed by atoms with van der Waals surface area (Å²) in [6.45, 7) is 3.08. The van der Waals surface area contributed by atoms with Crippen molar-refractivity contribution in [3.8, 4) is 0 Å². The highest BCUT2D eigenvalue weighted by Gasteiger charge is 2.54. The molecule has 138 valence electrons. The predicted octanol–water partition coefficient (Wildman–Crippen LogP) is 0.441. The third-order valence-electron chi connectivity index (χ3n) is 5.59. The highest BCUT2D eigenvalue weighted by molar-refractivity contribution is 5.98. The lowest BCUT2D eigenvalue weighted by molar-refractivity contribution is -0.130. The average Bonchev–Trinajstić information content (AvgIpc) is 3.18. The molecule has 3 amide bonds. The number of rotatable bonds is 5. The molecular weight excluding hydrogens is 334 g/mol. The maximum atomic E-state index is 12.4. The molecule has 1 saturated carbocycles. The summed E-state index contributed by atoms with van der Waals surface area (Å²) in [5, 5.41) is 5.91. The van der Waals surface area contributed by atoms with Crippen molar-refractivity contribution < 1.29 is 19.1 Å². The Kier molecular flexibility index (Phi) is 4.40. The molecule has 0 aromatic heterocycles. The molecule has 0 spiro atoms. The van der Waals surface area contributed by atoms with Crippen molar-refractivity contribution in [2.45, 2.75) is 44.5 Å². The van der Waals surface area contributed by atoms with Gasteiger partial charge in [-0.1, -0.05) is 18.2 Å². The third-order valence-corrected chi connectivity index (χ3v) is 5.59. The molecule has 2 heterocycles. The molecule has 7 heteroatoms. The van der Waals surface area contributed by atoms with Gasteiger partial charge in [-0.25, -0.2) is 0 Å². The molecule has 4 rings (SSSR count). The number of nitrogens with zero attached hydrogens (tertiary/aromatic N) is 1. The Balaban J connectivity index is 1.31. The van der Waals surface area contributed by atoms with E-state index in [2.05, 4.69) is 10.6 Å². The minimum absolute atomic E-state index is 0.00106. The van der Waals surface area contributed by atoms with Crippen molar-refractivity contribution in [3.63, 3.8) is 0 Å². The van der Waals surface area contributed by atoms with Crippen molar-refractivity contribution in [1.29, 1.82) is 0 Å². The van der Waals surface area contributed by atoms with Crippen LogP contribution in [0.5, 0.6) is 0 Å². The van der Waals surface area contributed by atoms with Gasteiger partial charge in [0, 0.05) is 44.5 Å². The summed E-state index contributed by atoms with van der Waals surface area (Å²) in [6, 6.07) is 7.28. The highest BCUT2D eigenvalue weighted by atomic mass is 16.5. The van der Waals surface area contributed by atoms with Gasteiger partial charge in [0.05, 0.1) is 18.2 Å². The number of fused-ring (bicyclic) bond motifs is 2. The number of nitrogens with one attached hydrogen (secondary N) is 2. The fourth-order valence-electron chi connectivity index (χ4n) is 4.30. The summed E-state index contributed by atoms with van der Waals surface area (Å²) < 4.78 is 5.65. The minimum atomic E-state index is -0.165. The highest BCUT2D eigenvalue weighted by Crippen LogP contribution is 2.39. The van der Waals surface area contributed by atoms with E-state index in [-0.39, 0.29) is 48.2 Å². The second-order valence-electron chi connectivity index (χ2n) is 7.24. The first kappa shape index (κ1) is 17.0. The van der Waals surface area contributed by atoms with Crippen LogP contribution in [-0.4, -0.2) is 54.0 Å². The molecule has 2 N–H and O–H groups in total. The summed E-state index contributed by atoms with van der Waals surface area (Å²) in [4.78, 5) is 37.8. The molecule has 1 aromatic rings. The molecule has 1 saturated heterocycles. The van der Waals surface area contributed by atoms with Crippen molar-refractivity contribution in [1.82, 2.24) is 15.5 Å². The van der Waals surface area contributed by atoms with Gasteiger partial charge in [-0.05, 0) is 18.1 Å². The zero-order valence-corrected chi connectivity index (χ0v) is 14.7. The van der Waals surface area contributed by atoms with Gasteiger partial charge in [0.2, 0.25) is 11.8 Å². The first-order valence-corrected chi connectivity index (χ1v) is 9.10. The number of ether oxygens (including phenoxy) is 1. The van der Waals surface area contributed by atoms with Gasteiger partial charge in [0.1, 0.15) is 0 Å². The van der Waals surface area contributed by atoms with Crippen LogP contribution in [0.15, 0.2) is 24.3 Å². The van der Waals surface area contributed by atoms with Crippen LogP contribution < -0.4 is 10.6 Å². The lowest BCUT2D eigenvalue weighted by atomic mass is 9.71. The van der Waals surface area contributed by atoms with Gasteiger partial charge in [0.25, 0.3) is 5.91 Å². The van der Waals surface area contributed by atoms with Crippen LogP contribution in [0.1, 0.15) is 35.7 Å². The zero-order valence-electron chi connectivity index (χ0n) is 14.7. The molecule has 3 aliphatic rings. The SMILES string of the molecule is CC(=O)N[C@@H]1[C@@H](NC(=O)CCN2Cc3ccccc3C2=O)[C@H]2CCO[C@H]21. The number of amides is 3. The maximum absolute atomic E-state index is 12.4. The summed E-state index contributed by atoms with van der Waals surface area (Å²) in [5.74, 6) is 0.0222. The fraction of sp³-hybridized carbons (Fsp3) is 0.526. The van der Waals surface area contributed by atoms with E-state index in [0.29, 0.717) is 19.7 Å². The molecule has 0 radical (unpaired) electrons. The van der Waals surface area contributed by atoms with Crippen LogP contribution in [0.3, 0.4) is 0 Å². The van der Waals surface area contributed by atoms with E-state index in [4.69, 9.17) is 4.74 Å². The Hall–Kier alpha value is -2.41. The minimum Gasteiger partial charge on any atom is -0.376 e. The van der Waals surface area contributed by atoms with Gasteiger partial charge in [-0.3, -0.25) is 14.4 Å². The number of carbonyl (C=O) groups excluding carboxylic acids is 3. The van der Waals surface area contributed by atoms with Gasteiger partial charge >= 0.3 is 0 Å². The molecule has 7 nitrogen and oxygen atoms in total. The van der Waals surface area contributed by atoms with Crippen molar-refractivity contribution in [2.75, 3.05) is 13.2 Å². The predicted molar refractivity (Wildman–Crippen MR) is 93.2 cm³/mol. The lowest BCUT2D eigenvalue weighted by Crippen LogP contribution is -2.70. The largest absolute Gasteiger partial charge is 0.376 e. The van der Waals surface area contributed by atoms with Crippen molar-refractivity contribution in [2.24, 2.45) is 5.92 Å². The Labute approximate surface area is 152 Å². The summed E-state index contributed by atoms with van der Waals surface area (Å²) in [5.41, 5.74) is 1.73. The maximum Gasteiger partial charge on any atom is 0.254 e. The number of carbonyl (C=O) groups is 3. The Morgan fingerprint density at radius 2 is 2.04 bits per heavy atom. The van der Waals surface area contributed by atoms with E-state index >= 15 is 0 Å². The van der Waals surface area contributed by atoms with Crippen LogP contribution in [0.2, 0.25) is 0 Å². The van der Waals surface area contributed by atoms with Crippen LogP contribution >= 0.6 is 0 Å². The number of hydrogen-bond donors (Lipinski definition) is 2. The van der Waals surface area contributed by atoms with Gasteiger partial charge in [-0.2, -0.15) is 0 Å². The quantitative estimate of drug-likeness (QED) is 0.801. The Morgan fingerprint density at radius 3 is 2.81 bits per heavy atom. The topological polar surface area (TPSA) is 87.7 Å². The molecule has 2 aliphatic heterocycles. The molecule has 0 bridgehead atoms. The van der Waals surface area contributed by atoms with E-state index in [1.165, 1.54) is 6.92 Å². The first-order valence-electron chi connectivity index (χ1n) is 9.10. The monoisotopic (exact) mass is 357 g/mol. The van der Waals surface area contributed by atoms with Crippen molar-refractivity contribution >= 4 is 17.7 Å². The van der Waals surface area contributed by atoms with Crippen LogP contribution in [0.4, 0.5) is 0 Å². The van der Waals surface area contributed by atoms with Gasteiger partial charge in [0.15, 0.2) is 0 Å². The Bertz CT molecular complexity index is 750.